The second-order valence-corrected chi connectivity index (χ2v) is 21.3. The lowest BCUT2D eigenvalue weighted by atomic mass is 10.0. The Bertz CT molecular complexity index is 3060. The van der Waals surface area contributed by atoms with Crippen LogP contribution in [-0.2, 0) is 33.3 Å². The molecule has 6 aromatic rings. The number of carbonyl (C=O) groups is 6. The number of benzene rings is 6. The molecule has 0 saturated carbocycles. The van der Waals surface area contributed by atoms with Crippen molar-refractivity contribution in [3.8, 4) is 11.5 Å². The molecule has 2 atom stereocenters. The van der Waals surface area contributed by atoms with E-state index in [0.717, 1.165) is 82.7 Å². The molecule has 6 aromatic carbocycles. The summed E-state index contributed by atoms with van der Waals surface area (Å²) in [6.07, 6.45) is 14.7. The molecule has 0 heterocycles. The molecule has 2 unspecified atom stereocenters. The highest BCUT2D eigenvalue weighted by Crippen LogP contribution is 2.23. The molecule has 0 spiro atoms. The van der Waals surface area contributed by atoms with Crippen molar-refractivity contribution in [2.45, 2.75) is 172 Å². The maximum atomic E-state index is 12.5. The Morgan fingerprint density at radius 1 is 0.440 bits per heavy atom. The van der Waals surface area contributed by atoms with Crippen molar-refractivity contribution < 1.29 is 61.9 Å². The summed E-state index contributed by atoms with van der Waals surface area (Å²) in [5.41, 5.74) is 4.01. The molecule has 6 rings (SSSR count). The lowest BCUT2D eigenvalue weighted by Crippen LogP contribution is -2.17. The van der Waals surface area contributed by atoms with E-state index < -0.39 is 0 Å². The monoisotopic (exact) mass is 1150 g/mol. The van der Waals surface area contributed by atoms with Crippen LogP contribution in [-0.4, -0.2) is 79.9 Å². The second-order valence-electron chi connectivity index (χ2n) is 21.3. The van der Waals surface area contributed by atoms with Crippen LogP contribution < -0.4 is 9.47 Å². The molecule has 0 amide bonds. The first kappa shape index (κ1) is 70.2. The van der Waals surface area contributed by atoms with E-state index in [9.17, 15) is 28.8 Å². The van der Waals surface area contributed by atoms with Gasteiger partial charge in [0.1, 0.15) is 17.6 Å². The van der Waals surface area contributed by atoms with Crippen molar-refractivity contribution >= 4 is 69.3 Å². The number of hydrogen-bond acceptors (Lipinski definition) is 13. The Balaban J connectivity index is 0.000000298. The number of unbranched alkanes of at least 4 members (excludes halogenated alkanes) is 2. The van der Waals surface area contributed by atoms with E-state index in [0.29, 0.717) is 34.8 Å². The molecular weight excluding hydrogens is 1060 g/mol. The zero-order chi connectivity index (χ0) is 62.1. The quantitative estimate of drug-likeness (QED) is 0.0230. The first-order valence-corrected chi connectivity index (χ1v) is 29.4. The van der Waals surface area contributed by atoms with Gasteiger partial charge < -0.3 is 33.2 Å². The first-order chi connectivity index (χ1) is 40.1. The zero-order valence-corrected chi connectivity index (χ0v) is 52.0. The molecule has 0 N–H and O–H groups in total. The van der Waals surface area contributed by atoms with E-state index in [1.54, 1.807) is 60.7 Å². The molecule has 13 nitrogen and oxygen atoms in total. The van der Waals surface area contributed by atoms with E-state index in [1.165, 1.54) is 39.0 Å². The molecule has 84 heavy (non-hydrogen) atoms. The molecule has 0 aliphatic heterocycles. The van der Waals surface area contributed by atoms with Crippen molar-refractivity contribution in [3.05, 3.63) is 167 Å². The number of carbonyl (C=O) groups excluding carboxylic acids is 6. The maximum absolute atomic E-state index is 12.5. The largest absolute Gasteiger partial charge is 0.491 e. The van der Waals surface area contributed by atoms with Crippen molar-refractivity contribution in [1.82, 2.24) is 0 Å². The number of methoxy groups -OCH3 is 1. The third kappa shape index (κ3) is 26.9. The summed E-state index contributed by atoms with van der Waals surface area (Å²) >= 11 is 0. The maximum Gasteiger partial charge on any atom is 0.338 e. The zero-order valence-electron chi connectivity index (χ0n) is 52.0. The fraction of sp³-hybridized carbons (Fsp3) is 0.408. The van der Waals surface area contributed by atoms with Crippen LogP contribution in [0.5, 0.6) is 11.5 Å². The summed E-state index contributed by atoms with van der Waals surface area (Å²) in [7, 11) is 1.35. The molecule has 0 aliphatic rings. The SMILES string of the molecule is CC(=O)c1ccc2ccc(C(=O)OC(C)C)cc2c1.CCCCC(CC)COC(=O)/C=C/c1ccc(OC(C)C)cc1.CCCCC(CC)OC(=O)c1ccc2ccc(C(=O)OC(C)C)cc2c1.COC(=O)/C=C/c1ccc(OC(C)C)cc1. The summed E-state index contributed by atoms with van der Waals surface area (Å²) in [4.78, 5) is 70.4. The van der Waals surface area contributed by atoms with Crippen molar-refractivity contribution in [1.29, 1.82) is 0 Å². The fourth-order valence-corrected chi connectivity index (χ4v) is 8.06. The number of rotatable bonds is 25. The van der Waals surface area contributed by atoms with Crippen LogP contribution in [0.2, 0.25) is 0 Å². The molecule has 0 aliphatic carbocycles. The predicted molar refractivity (Wildman–Crippen MR) is 337 cm³/mol. The van der Waals surface area contributed by atoms with Crippen molar-refractivity contribution in [2.24, 2.45) is 5.92 Å². The average Bonchev–Trinajstić information content (AvgIpc) is 3.68. The van der Waals surface area contributed by atoms with Crippen LogP contribution in [0, 0.1) is 5.92 Å². The van der Waals surface area contributed by atoms with Gasteiger partial charge in [-0.05, 0) is 199 Å². The van der Waals surface area contributed by atoms with Gasteiger partial charge >= 0.3 is 29.8 Å². The summed E-state index contributed by atoms with van der Waals surface area (Å²) in [6.45, 7) is 25.7. The molecule has 0 bridgehead atoms. The number of ketones is 1. The van der Waals surface area contributed by atoms with Gasteiger partial charge in [0.2, 0.25) is 0 Å². The van der Waals surface area contributed by atoms with E-state index in [1.807, 2.05) is 135 Å². The van der Waals surface area contributed by atoms with Crippen LogP contribution in [0.1, 0.15) is 194 Å². The molecule has 0 saturated heterocycles. The number of fused-ring (bicyclic) bond motifs is 2. The number of Topliss-reactive ketones (excluding diaryl/α,β-unsaturated/α-hetero) is 1. The second kappa shape index (κ2) is 37.9. The van der Waals surface area contributed by atoms with Gasteiger partial charge in [0, 0.05) is 17.7 Å². The smallest absolute Gasteiger partial charge is 0.338 e. The van der Waals surface area contributed by atoms with E-state index >= 15 is 0 Å². The third-order valence-corrected chi connectivity index (χ3v) is 12.6. The highest BCUT2D eigenvalue weighted by atomic mass is 16.6. The molecule has 13 heteroatoms. The van der Waals surface area contributed by atoms with Crippen molar-refractivity contribution in [3.63, 3.8) is 0 Å². The van der Waals surface area contributed by atoms with Gasteiger partial charge in [0.05, 0.1) is 54.8 Å². The minimum Gasteiger partial charge on any atom is -0.491 e. The Hall–Kier alpha value is -8.06. The standard InChI is InChI=1S/C22H28O4.C20H30O3.C16H16O3.C13H16O3/c1-5-7-8-20(6-2)26-22(24)18-12-10-16-9-11-17(13-19(16)14-18)21(23)25-15(3)4;1-5-7-8-17(6-2)15-22-20(21)14-11-18-9-12-19(13-10-18)23-16(3)4;1-10(2)19-16(18)14-7-5-12-4-6-13(11(3)17)8-15(12)9-14;1-10(2)16-12-7-4-11(5-8-12)6-9-13(14)15-3/h9-15,20H,5-8H2,1-4H3;9-14,16-17H,5-8,15H2,1-4H3;4-10H,1-3H3;4-10H,1-3H3/b;14-11+;;9-6+. The van der Waals surface area contributed by atoms with Crippen LogP contribution in [0.4, 0.5) is 0 Å². The minimum absolute atomic E-state index is 0.0112. The molecule has 452 valence electrons. The number of hydrogen-bond donors (Lipinski definition) is 0. The Morgan fingerprint density at radius 3 is 1.20 bits per heavy atom. The van der Waals surface area contributed by atoms with Crippen LogP contribution >= 0.6 is 0 Å². The normalized spacial score (nSPS) is 11.7. The van der Waals surface area contributed by atoms with E-state index in [-0.39, 0.29) is 66.1 Å². The number of ether oxygens (including phenoxy) is 7. The number of esters is 5. The average molecular weight is 1150 g/mol. The highest BCUT2D eigenvalue weighted by molar-refractivity contribution is 6.01. The van der Waals surface area contributed by atoms with Crippen LogP contribution in [0.15, 0.2) is 133 Å². The lowest BCUT2D eigenvalue weighted by Gasteiger charge is -2.16. The molecular formula is C71H90O13. The Labute approximate surface area is 499 Å². The Morgan fingerprint density at radius 2 is 0.833 bits per heavy atom. The summed E-state index contributed by atoms with van der Waals surface area (Å²) < 4.78 is 37.0. The summed E-state index contributed by atoms with van der Waals surface area (Å²) in [5.74, 6) is 0.490. The van der Waals surface area contributed by atoms with Gasteiger partial charge in [-0.2, -0.15) is 0 Å². The summed E-state index contributed by atoms with van der Waals surface area (Å²) in [6, 6.07) is 36.8. The topological polar surface area (TPSA) is 167 Å². The predicted octanol–water partition coefficient (Wildman–Crippen LogP) is 17.0. The third-order valence-electron chi connectivity index (χ3n) is 12.6. The van der Waals surface area contributed by atoms with E-state index in [4.69, 9.17) is 28.4 Å². The fourth-order valence-electron chi connectivity index (χ4n) is 8.06. The molecule has 0 aromatic heterocycles. The van der Waals surface area contributed by atoms with Crippen LogP contribution in [0.25, 0.3) is 33.7 Å². The van der Waals surface area contributed by atoms with Gasteiger partial charge in [-0.15, -0.1) is 0 Å². The Kier molecular flexibility index (Phi) is 31.7. The van der Waals surface area contributed by atoms with Gasteiger partial charge in [0.15, 0.2) is 5.78 Å². The molecule has 0 radical (unpaired) electrons. The lowest BCUT2D eigenvalue weighted by molar-refractivity contribution is -0.139. The highest BCUT2D eigenvalue weighted by Gasteiger charge is 2.17. The summed E-state index contributed by atoms with van der Waals surface area (Å²) in [5, 5.41) is 3.64. The van der Waals surface area contributed by atoms with Gasteiger partial charge in [-0.3, -0.25) is 4.79 Å². The van der Waals surface area contributed by atoms with Crippen molar-refractivity contribution in [2.75, 3.05) is 13.7 Å². The van der Waals surface area contributed by atoms with Gasteiger partial charge in [0.25, 0.3) is 0 Å². The molecule has 0 fully saturated rings. The minimum atomic E-state index is -0.361. The first-order valence-electron chi connectivity index (χ1n) is 29.4. The van der Waals surface area contributed by atoms with Gasteiger partial charge in [-0.25, -0.2) is 24.0 Å². The van der Waals surface area contributed by atoms with Crippen LogP contribution in [0.3, 0.4) is 0 Å². The van der Waals surface area contributed by atoms with E-state index in [2.05, 4.69) is 25.5 Å². The van der Waals surface area contributed by atoms with Gasteiger partial charge in [-0.1, -0.05) is 114 Å².